The van der Waals surface area contributed by atoms with Gasteiger partial charge < -0.3 is 14.8 Å². The van der Waals surface area contributed by atoms with Gasteiger partial charge >= 0.3 is 0 Å². The number of benzene rings is 1. The first kappa shape index (κ1) is 12.8. The van der Waals surface area contributed by atoms with E-state index in [-0.39, 0.29) is 0 Å². The van der Waals surface area contributed by atoms with Crippen molar-refractivity contribution in [1.29, 1.82) is 0 Å². The molecule has 4 nitrogen and oxygen atoms in total. The van der Waals surface area contributed by atoms with Crippen LogP contribution in [0.5, 0.6) is 5.75 Å². The average molecular weight is 262 g/mol. The Morgan fingerprint density at radius 1 is 1.47 bits per heavy atom. The molecule has 0 bridgehead atoms. The van der Waals surface area contributed by atoms with Crippen molar-refractivity contribution in [1.82, 2.24) is 4.90 Å². The molecule has 1 aromatic carbocycles. The summed E-state index contributed by atoms with van der Waals surface area (Å²) in [4.78, 5) is 2.54. The fraction of sp³-hybridized carbons (Fsp3) is 0.600. The summed E-state index contributed by atoms with van der Waals surface area (Å²) in [5, 5.41) is 3.49. The Bertz CT molecular complexity index is 450. The monoisotopic (exact) mass is 262 g/mol. The molecule has 1 saturated heterocycles. The van der Waals surface area contributed by atoms with E-state index in [1.165, 1.54) is 11.3 Å². The van der Waals surface area contributed by atoms with Gasteiger partial charge in [-0.25, -0.2) is 0 Å². The van der Waals surface area contributed by atoms with Crippen LogP contribution in [-0.2, 0) is 4.74 Å². The summed E-state index contributed by atoms with van der Waals surface area (Å²) in [6.45, 7) is 6.06. The molecule has 0 saturated carbocycles. The average Bonchev–Trinajstić information content (AvgIpc) is 2.90. The van der Waals surface area contributed by atoms with Crippen molar-refractivity contribution in [2.45, 2.75) is 25.5 Å². The van der Waals surface area contributed by atoms with Crippen LogP contribution in [-0.4, -0.2) is 44.4 Å². The quantitative estimate of drug-likeness (QED) is 0.906. The lowest BCUT2D eigenvalue weighted by atomic mass is 10.0. The fourth-order valence-electron chi connectivity index (χ4n) is 3.02. The lowest BCUT2D eigenvalue weighted by molar-refractivity contribution is -0.0423. The van der Waals surface area contributed by atoms with Crippen LogP contribution in [0.3, 0.4) is 0 Å². The summed E-state index contributed by atoms with van der Waals surface area (Å²) in [6, 6.07) is 6.74. The van der Waals surface area contributed by atoms with Gasteiger partial charge in [-0.3, -0.25) is 4.90 Å². The molecule has 2 atom stereocenters. The van der Waals surface area contributed by atoms with Gasteiger partial charge in [-0.1, -0.05) is 6.92 Å². The molecule has 4 heteroatoms. The summed E-state index contributed by atoms with van der Waals surface area (Å²) in [7, 11) is 1.72. The SMILES string of the molecule is CCC1CN(C2CNc3ccc(OC)cc32)CCO1. The summed E-state index contributed by atoms with van der Waals surface area (Å²) < 4.78 is 11.1. The third-order valence-corrected chi connectivity index (χ3v) is 4.17. The first-order chi connectivity index (χ1) is 9.31. The molecule has 3 rings (SSSR count). The zero-order valence-electron chi connectivity index (χ0n) is 11.7. The molecule has 0 aliphatic carbocycles. The Balaban J connectivity index is 1.81. The molecular weight excluding hydrogens is 240 g/mol. The highest BCUT2D eigenvalue weighted by Gasteiger charge is 2.31. The van der Waals surface area contributed by atoms with Crippen molar-refractivity contribution in [3.63, 3.8) is 0 Å². The molecular formula is C15H22N2O2. The summed E-state index contributed by atoms with van der Waals surface area (Å²) in [6.07, 6.45) is 1.46. The molecule has 0 spiro atoms. The topological polar surface area (TPSA) is 33.7 Å². The summed E-state index contributed by atoms with van der Waals surface area (Å²) >= 11 is 0. The zero-order valence-corrected chi connectivity index (χ0v) is 11.7. The van der Waals surface area contributed by atoms with E-state index in [4.69, 9.17) is 9.47 Å². The lowest BCUT2D eigenvalue weighted by Crippen LogP contribution is -2.44. The Morgan fingerprint density at radius 3 is 3.16 bits per heavy atom. The number of methoxy groups -OCH3 is 1. The molecule has 1 fully saturated rings. The van der Waals surface area contributed by atoms with Gasteiger partial charge in [-0.05, 0) is 30.2 Å². The molecule has 2 aliphatic heterocycles. The van der Waals surface area contributed by atoms with Gasteiger partial charge in [0.05, 0.1) is 25.9 Å². The van der Waals surface area contributed by atoms with Crippen molar-refractivity contribution in [3.8, 4) is 5.75 Å². The molecule has 0 amide bonds. The minimum atomic E-state index is 0.378. The van der Waals surface area contributed by atoms with Crippen molar-refractivity contribution >= 4 is 5.69 Å². The molecule has 19 heavy (non-hydrogen) atoms. The third-order valence-electron chi connectivity index (χ3n) is 4.17. The Hall–Kier alpha value is -1.26. The van der Waals surface area contributed by atoms with Crippen molar-refractivity contribution in [2.75, 3.05) is 38.7 Å². The van der Waals surface area contributed by atoms with E-state index in [0.29, 0.717) is 12.1 Å². The van der Waals surface area contributed by atoms with Crippen LogP contribution in [0.25, 0.3) is 0 Å². The van der Waals surface area contributed by atoms with Crippen molar-refractivity contribution in [3.05, 3.63) is 23.8 Å². The lowest BCUT2D eigenvalue weighted by Gasteiger charge is -2.36. The number of anilines is 1. The van der Waals surface area contributed by atoms with Crippen molar-refractivity contribution in [2.24, 2.45) is 0 Å². The van der Waals surface area contributed by atoms with Gasteiger partial charge in [0.2, 0.25) is 0 Å². The highest BCUT2D eigenvalue weighted by Crippen LogP contribution is 2.37. The van der Waals surface area contributed by atoms with E-state index in [1.54, 1.807) is 7.11 Å². The second-order valence-electron chi connectivity index (χ2n) is 5.25. The van der Waals surface area contributed by atoms with Crippen LogP contribution in [0.4, 0.5) is 5.69 Å². The van der Waals surface area contributed by atoms with Crippen LogP contribution in [0.1, 0.15) is 24.9 Å². The number of nitrogens with one attached hydrogen (secondary N) is 1. The van der Waals surface area contributed by atoms with E-state index >= 15 is 0 Å². The van der Waals surface area contributed by atoms with Gasteiger partial charge in [0.25, 0.3) is 0 Å². The van der Waals surface area contributed by atoms with E-state index in [2.05, 4.69) is 29.3 Å². The maximum atomic E-state index is 5.76. The number of hydrogen-bond donors (Lipinski definition) is 1. The second-order valence-corrected chi connectivity index (χ2v) is 5.25. The molecule has 104 valence electrons. The second kappa shape index (κ2) is 5.39. The Labute approximate surface area is 114 Å². The zero-order chi connectivity index (χ0) is 13.2. The highest BCUT2D eigenvalue weighted by atomic mass is 16.5. The van der Waals surface area contributed by atoms with E-state index < -0.39 is 0 Å². The predicted molar refractivity (Wildman–Crippen MR) is 75.8 cm³/mol. The Morgan fingerprint density at radius 2 is 2.37 bits per heavy atom. The normalized spacial score (nSPS) is 26.8. The number of hydrogen-bond acceptors (Lipinski definition) is 4. The number of ether oxygens (including phenoxy) is 2. The summed E-state index contributed by atoms with van der Waals surface area (Å²) in [5.41, 5.74) is 2.60. The molecule has 0 aromatic heterocycles. The first-order valence-corrected chi connectivity index (χ1v) is 7.09. The van der Waals surface area contributed by atoms with E-state index in [0.717, 1.165) is 38.4 Å². The number of morpholine rings is 1. The van der Waals surface area contributed by atoms with Crippen LogP contribution in [0, 0.1) is 0 Å². The number of fused-ring (bicyclic) bond motifs is 1. The predicted octanol–water partition coefficient (Wildman–Crippen LogP) is 2.27. The van der Waals surface area contributed by atoms with Gasteiger partial charge in [-0.15, -0.1) is 0 Å². The Kier molecular flexibility index (Phi) is 3.62. The molecule has 1 aromatic rings. The van der Waals surface area contributed by atoms with Crippen LogP contribution in [0.2, 0.25) is 0 Å². The largest absolute Gasteiger partial charge is 0.497 e. The minimum Gasteiger partial charge on any atom is -0.497 e. The standard InChI is InChI=1S/C15H22N2O2/c1-3-11-10-17(6-7-19-11)15-9-16-14-5-4-12(18-2)8-13(14)15/h4-5,8,11,15-16H,3,6-7,9-10H2,1-2H3. The third kappa shape index (κ3) is 2.42. The van der Waals surface area contributed by atoms with Gasteiger partial charge in [0.1, 0.15) is 5.75 Å². The van der Waals surface area contributed by atoms with E-state index in [1.807, 2.05) is 6.07 Å². The van der Waals surface area contributed by atoms with Crippen LogP contribution >= 0.6 is 0 Å². The van der Waals surface area contributed by atoms with E-state index in [9.17, 15) is 0 Å². The maximum Gasteiger partial charge on any atom is 0.119 e. The first-order valence-electron chi connectivity index (χ1n) is 7.09. The van der Waals surface area contributed by atoms with Crippen LogP contribution < -0.4 is 10.1 Å². The molecule has 1 N–H and O–H groups in total. The fourth-order valence-corrected chi connectivity index (χ4v) is 3.02. The maximum absolute atomic E-state index is 5.76. The smallest absolute Gasteiger partial charge is 0.119 e. The van der Waals surface area contributed by atoms with Gasteiger partial charge in [0, 0.05) is 25.3 Å². The molecule has 2 aliphatic rings. The molecule has 0 radical (unpaired) electrons. The van der Waals surface area contributed by atoms with Gasteiger partial charge in [0.15, 0.2) is 0 Å². The number of nitrogens with zero attached hydrogens (tertiary/aromatic N) is 1. The van der Waals surface area contributed by atoms with Crippen molar-refractivity contribution < 1.29 is 9.47 Å². The van der Waals surface area contributed by atoms with Crippen LogP contribution in [0.15, 0.2) is 18.2 Å². The summed E-state index contributed by atoms with van der Waals surface area (Å²) in [5.74, 6) is 0.938. The number of rotatable bonds is 3. The molecule has 2 unspecified atom stereocenters. The highest BCUT2D eigenvalue weighted by molar-refractivity contribution is 5.59. The molecule has 2 heterocycles. The van der Waals surface area contributed by atoms with Gasteiger partial charge in [-0.2, -0.15) is 0 Å². The minimum absolute atomic E-state index is 0.378.